The van der Waals surface area contributed by atoms with E-state index in [4.69, 9.17) is 16.3 Å². The first kappa shape index (κ1) is 25.3. The number of H-pyrrole nitrogens is 1. The van der Waals surface area contributed by atoms with Crippen LogP contribution < -0.4 is 15.4 Å². The Morgan fingerprint density at radius 2 is 2.06 bits per heavy atom. The first-order valence-corrected chi connectivity index (χ1v) is 11.3. The highest BCUT2D eigenvalue weighted by atomic mass is 35.5. The van der Waals surface area contributed by atoms with Crippen LogP contribution >= 0.6 is 11.6 Å². The highest BCUT2D eigenvalue weighted by molar-refractivity contribution is 6.31. The zero-order valence-electron chi connectivity index (χ0n) is 18.9. The Hall–Kier alpha value is -3.76. The van der Waals surface area contributed by atoms with E-state index in [-0.39, 0.29) is 11.8 Å². The summed E-state index contributed by atoms with van der Waals surface area (Å²) in [5.74, 6) is 0.591. The largest absolute Gasteiger partial charge is 0.486 e. The number of halogens is 4. The molecule has 2 atom stereocenters. The van der Waals surface area contributed by atoms with Crippen LogP contribution in [0.3, 0.4) is 0 Å². The number of pyridine rings is 1. The monoisotopic (exact) mass is 518 g/mol. The summed E-state index contributed by atoms with van der Waals surface area (Å²) in [6.45, 7) is 1.68. The van der Waals surface area contributed by atoms with Crippen LogP contribution in [0.25, 0.3) is 11.4 Å². The van der Waals surface area contributed by atoms with E-state index < -0.39 is 28.9 Å². The van der Waals surface area contributed by atoms with E-state index in [9.17, 15) is 23.1 Å². The summed E-state index contributed by atoms with van der Waals surface area (Å²) < 4.78 is 45.0. The third kappa shape index (κ3) is 6.27. The van der Waals surface area contributed by atoms with Gasteiger partial charge in [-0.25, -0.2) is 4.79 Å². The van der Waals surface area contributed by atoms with Gasteiger partial charge in [0, 0.05) is 36.3 Å². The molecule has 2 heterocycles. The number of carbonyl (C=O) groups excluding carboxylic acids is 1. The molecule has 0 saturated carbocycles. The number of urea groups is 1. The van der Waals surface area contributed by atoms with Crippen LogP contribution in [0, 0.1) is 0 Å². The molecule has 0 spiro atoms. The number of aliphatic hydroxyl groups excluding tert-OH is 1. The number of amides is 2. The smallest absolute Gasteiger partial charge is 0.417 e. The van der Waals surface area contributed by atoms with E-state index in [1.807, 2.05) is 6.07 Å². The van der Waals surface area contributed by atoms with Crippen LogP contribution in [0.2, 0.25) is 5.02 Å². The fourth-order valence-electron chi connectivity index (χ4n) is 3.50. The molecule has 4 rings (SSSR count). The molecule has 0 fully saturated rings. The van der Waals surface area contributed by atoms with Crippen molar-refractivity contribution in [3.63, 3.8) is 0 Å². The lowest BCUT2D eigenvalue weighted by Crippen LogP contribution is -2.29. The van der Waals surface area contributed by atoms with Gasteiger partial charge in [0.05, 0.1) is 28.1 Å². The number of aromatic nitrogens is 2. The van der Waals surface area contributed by atoms with Crippen molar-refractivity contribution in [1.82, 2.24) is 15.3 Å². The maximum atomic E-state index is 13.0. The number of carbonyl (C=O) groups is 1. The van der Waals surface area contributed by atoms with Gasteiger partial charge in [-0.3, -0.25) is 4.98 Å². The van der Waals surface area contributed by atoms with Gasteiger partial charge < -0.3 is 25.5 Å². The van der Waals surface area contributed by atoms with Crippen LogP contribution in [-0.2, 0) is 6.18 Å². The van der Waals surface area contributed by atoms with Crippen molar-refractivity contribution >= 4 is 23.3 Å². The number of anilines is 1. The number of hydrogen-bond acceptors (Lipinski definition) is 4. The molecule has 1 aliphatic rings. The quantitative estimate of drug-likeness (QED) is 0.311. The summed E-state index contributed by atoms with van der Waals surface area (Å²) in [6, 6.07) is 7.76. The number of aliphatic hydroxyl groups is 1. The lowest BCUT2D eigenvalue weighted by Gasteiger charge is -2.19. The van der Waals surface area contributed by atoms with Crippen molar-refractivity contribution in [1.29, 1.82) is 0 Å². The minimum atomic E-state index is -4.63. The molecule has 0 radical (unpaired) electrons. The minimum Gasteiger partial charge on any atom is -0.486 e. The minimum absolute atomic E-state index is 0.0399. The van der Waals surface area contributed by atoms with Crippen molar-refractivity contribution in [2.24, 2.45) is 0 Å². The maximum absolute atomic E-state index is 13.0. The number of rotatable bonds is 6. The third-order valence-electron chi connectivity index (χ3n) is 5.33. The van der Waals surface area contributed by atoms with Crippen LogP contribution in [-0.4, -0.2) is 27.2 Å². The van der Waals surface area contributed by atoms with Crippen LogP contribution in [0.15, 0.2) is 72.7 Å². The van der Waals surface area contributed by atoms with Gasteiger partial charge in [-0.2, -0.15) is 13.2 Å². The SMILES string of the molecule is CC(O)c1c[nH]c(-c2cc(OC3C=CC(NC(=O)Nc4ccc(Cl)c(C(F)(F)F)c4)=CC3)ccn2)c1. The second kappa shape index (κ2) is 10.5. The Labute approximate surface area is 209 Å². The van der Waals surface area contributed by atoms with Gasteiger partial charge in [0.25, 0.3) is 0 Å². The summed E-state index contributed by atoms with van der Waals surface area (Å²) in [6.07, 6.45) is 3.43. The molecule has 188 valence electrons. The van der Waals surface area contributed by atoms with Gasteiger partial charge in [-0.05, 0) is 55.0 Å². The van der Waals surface area contributed by atoms with Crippen LogP contribution in [0.4, 0.5) is 23.7 Å². The molecule has 2 amide bonds. The van der Waals surface area contributed by atoms with Crippen molar-refractivity contribution in [2.45, 2.75) is 31.7 Å². The number of benzene rings is 1. The van der Waals surface area contributed by atoms with Crippen LogP contribution in [0.5, 0.6) is 5.75 Å². The summed E-state index contributed by atoms with van der Waals surface area (Å²) in [4.78, 5) is 19.7. The van der Waals surface area contributed by atoms with Gasteiger partial charge in [-0.1, -0.05) is 17.7 Å². The number of nitrogens with zero attached hydrogens (tertiary/aromatic N) is 1. The number of allylic oxidation sites excluding steroid dienone is 1. The molecule has 4 N–H and O–H groups in total. The molecule has 2 aromatic heterocycles. The Balaban J connectivity index is 1.33. The average Bonchev–Trinajstić information content (AvgIpc) is 3.32. The van der Waals surface area contributed by atoms with Crippen LogP contribution in [0.1, 0.15) is 30.6 Å². The van der Waals surface area contributed by atoms with Gasteiger partial charge in [0.2, 0.25) is 0 Å². The zero-order chi connectivity index (χ0) is 25.9. The summed E-state index contributed by atoms with van der Waals surface area (Å²) >= 11 is 5.60. The van der Waals surface area contributed by atoms with E-state index in [2.05, 4.69) is 20.6 Å². The molecule has 0 saturated heterocycles. The molecule has 1 aromatic carbocycles. The molecule has 0 aliphatic heterocycles. The number of aromatic amines is 1. The van der Waals surface area contributed by atoms with Crippen molar-refractivity contribution in [3.05, 3.63) is 88.9 Å². The van der Waals surface area contributed by atoms with E-state index in [1.165, 1.54) is 6.07 Å². The van der Waals surface area contributed by atoms with Gasteiger partial charge in [-0.15, -0.1) is 0 Å². The Bertz CT molecular complexity index is 1320. The Morgan fingerprint density at radius 1 is 1.25 bits per heavy atom. The van der Waals surface area contributed by atoms with E-state index in [1.54, 1.807) is 49.7 Å². The van der Waals surface area contributed by atoms with E-state index in [0.717, 1.165) is 23.4 Å². The number of hydrogen-bond donors (Lipinski definition) is 4. The molecule has 36 heavy (non-hydrogen) atoms. The van der Waals surface area contributed by atoms with Crippen molar-refractivity contribution in [2.75, 3.05) is 5.32 Å². The Kier molecular flexibility index (Phi) is 7.37. The van der Waals surface area contributed by atoms with Gasteiger partial charge >= 0.3 is 12.2 Å². The predicted molar refractivity (Wildman–Crippen MR) is 130 cm³/mol. The zero-order valence-corrected chi connectivity index (χ0v) is 19.7. The Morgan fingerprint density at radius 3 is 2.72 bits per heavy atom. The molecule has 7 nitrogen and oxygen atoms in total. The molecule has 2 unspecified atom stereocenters. The number of alkyl halides is 3. The number of nitrogens with one attached hydrogen (secondary N) is 3. The predicted octanol–water partition coefficient (Wildman–Crippen LogP) is 6.22. The lowest BCUT2D eigenvalue weighted by atomic mass is 10.1. The fraction of sp³-hybridized carbons (Fsp3) is 0.200. The highest BCUT2D eigenvalue weighted by Crippen LogP contribution is 2.36. The lowest BCUT2D eigenvalue weighted by molar-refractivity contribution is -0.137. The first-order chi connectivity index (χ1) is 17.1. The normalized spacial score (nSPS) is 16.3. The van der Waals surface area contributed by atoms with E-state index in [0.29, 0.717) is 23.6 Å². The summed E-state index contributed by atoms with van der Waals surface area (Å²) in [5.41, 5.74) is 1.56. The summed E-state index contributed by atoms with van der Waals surface area (Å²) in [5, 5.41) is 14.2. The molecular weight excluding hydrogens is 497 g/mol. The second-order valence-electron chi connectivity index (χ2n) is 8.08. The van der Waals surface area contributed by atoms with Gasteiger partial charge in [0.15, 0.2) is 0 Å². The first-order valence-electron chi connectivity index (χ1n) is 10.9. The van der Waals surface area contributed by atoms with E-state index >= 15 is 0 Å². The molecule has 1 aliphatic carbocycles. The fourth-order valence-corrected chi connectivity index (χ4v) is 3.73. The second-order valence-corrected chi connectivity index (χ2v) is 8.49. The molecule has 0 bridgehead atoms. The molecule has 11 heteroatoms. The molecular formula is C25H22ClF3N4O3. The summed E-state index contributed by atoms with van der Waals surface area (Å²) in [7, 11) is 0. The topological polar surface area (TPSA) is 99.3 Å². The van der Waals surface area contributed by atoms with Crippen molar-refractivity contribution < 1.29 is 27.8 Å². The van der Waals surface area contributed by atoms with Gasteiger partial charge in [0.1, 0.15) is 11.9 Å². The number of ether oxygens (including phenoxy) is 1. The standard InChI is InChI=1S/C25H22ClF3N4O3/c1-14(34)15-10-22(31-13-15)23-12-19(8-9-30-23)36-18-5-2-16(3-6-18)32-24(35)33-17-4-7-21(26)20(11-17)25(27,28)29/h2-5,7-14,18,31,34H,6H2,1H3,(H2,32,33,35). The average molecular weight is 519 g/mol. The highest BCUT2D eigenvalue weighted by Gasteiger charge is 2.33. The third-order valence-corrected chi connectivity index (χ3v) is 5.66. The van der Waals surface area contributed by atoms with Crippen molar-refractivity contribution in [3.8, 4) is 17.1 Å². The maximum Gasteiger partial charge on any atom is 0.417 e. The molecule has 3 aromatic rings.